The van der Waals surface area contributed by atoms with Gasteiger partial charge in [-0.15, -0.1) is 0 Å². The number of aliphatic hydroxyl groups is 2. The molecule has 1 amide bonds. The normalized spacial score (nSPS) is 11.1. The highest BCUT2D eigenvalue weighted by Gasteiger charge is 2.37. The third-order valence-corrected chi connectivity index (χ3v) is 13.7. The van der Waals surface area contributed by atoms with Crippen LogP contribution in [0.3, 0.4) is 0 Å². The number of amides is 1. The van der Waals surface area contributed by atoms with Crippen LogP contribution in [0.25, 0.3) is 49.4 Å². The van der Waals surface area contributed by atoms with Crippen molar-refractivity contribution in [3.63, 3.8) is 0 Å². The van der Waals surface area contributed by atoms with Crippen molar-refractivity contribution < 1.29 is 40.2 Å². The molecule has 3 unspecified atom stereocenters. The maximum atomic E-state index is 14.2. The van der Waals surface area contributed by atoms with Crippen molar-refractivity contribution in [2.45, 2.75) is 65.5 Å². The van der Waals surface area contributed by atoms with Crippen molar-refractivity contribution in [2.24, 2.45) is 34.1 Å². The largest absolute Gasteiger partial charge is 0.489 e. The minimum absolute atomic E-state index is 0. The number of ether oxygens (including phenoxy) is 2. The first-order valence-electron chi connectivity index (χ1n) is 29.9. The molecule has 492 valence electrons. The number of hydrogen-bond acceptors (Lipinski definition) is 15. The van der Waals surface area contributed by atoms with Crippen LogP contribution >= 0.6 is 0 Å². The number of H-pyrrole nitrogens is 2. The first-order chi connectivity index (χ1) is 45.1. The molecule has 94 heavy (non-hydrogen) atoms. The minimum atomic E-state index is -1.36. The first-order valence-corrected chi connectivity index (χ1v) is 29.9. The van der Waals surface area contributed by atoms with Gasteiger partial charge in [-0.05, 0) is 93.2 Å². The second-order valence-corrected chi connectivity index (χ2v) is 19.7. The van der Waals surface area contributed by atoms with Gasteiger partial charge in [-0.2, -0.15) is 15.5 Å². The van der Waals surface area contributed by atoms with Crippen LogP contribution in [0.4, 0.5) is 0 Å². The summed E-state index contributed by atoms with van der Waals surface area (Å²) in [5.74, 6) is 16.6. The number of para-hydroxylation sites is 4. The van der Waals surface area contributed by atoms with Crippen LogP contribution in [0.1, 0.15) is 68.0 Å². The number of aliphatic imine (C=N–C) groups is 1. The summed E-state index contributed by atoms with van der Waals surface area (Å²) in [6.45, 7) is 11.1. The molecule has 2 heterocycles. The molecule has 20 nitrogen and oxygen atoms in total. The zero-order chi connectivity index (χ0) is 66.9. The van der Waals surface area contributed by atoms with Crippen LogP contribution in [0, 0.1) is 22.7 Å². The number of aliphatic hydroxyl groups excluding tert-OH is 2. The highest BCUT2D eigenvalue weighted by atomic mass is 16.5. The lowest BCUT2D eigenvalue weighted by molar-refractivity contribution is -0.139. The van der Waals surface area contributed by atoms with Gasteiger partial charge in [0.1, 0.15) is 54.6 Å². The number of aromatic amines is 2. The molecule has 0 spiro atoms. The van der Waals surface area contributed by atoms with E-state index in [1.165, 1.54) is 23.1 Å². The summed E-state index contributed by atoms with van der Waals surface area (Å²) in [4.78, 5) is 35.5. The van der Waals surface area contributed by atoms with Crippen LogP contribution < -0.4 is 43.9 Å². The Hall–Kier alpha value is -10.7. The number of fused-ring (bicyclic) bond motifs is 4. The average molecular weight is 1270 g/mol. The number of hydrazine groups is 2. The monoisotopic (exact) mass is 1270 g/mol. The number of rotatable bonds is 18. The molecular weight excluding hydrogens is 1180 g/mol. The smallest absolute Gasteiger partial charge is 0.247 e. The molecule has 0 aliphatic rings. The summed E-state index contributed by atoms with van der Waals surface area (Å²) in [7, 11) is 0. The predicted octanol–water partition coefficient (Wildman–Crippen LogP) is 10.3. The summed E-state index contributed by atoms with van der Waals surface area (Å²) in [6.07, 6.45) is 6.91. The number of nitriles is 2. The van der Waals surface area contributed by atoms with Crippen molar-refractivity contribution in [2.75, 3.05) is 26.3 Å². The molecule has 11 rings (SSSR count). The van der Waals surface area contributed by atoms with Crippen LogP contribution in [0.5, 0.6) is 11.5 Å². The third kappa shape index (κ3) is 23.9. The molecule has 0 aliphatic heterocycles. The molecule has 0 bridgehead atoms. The predicted molar refractivity (Wildman–Crippen MR) is 379 cm³/mol. The Bertz CT molecular complexity index is 4060. The Balaban J connectivity index is 0.000000465. The highest BCUT2D eigenvalue weighted by molar-refractivity contribution is 5.96. The van der Waals surface area contributed by atoms with Crippen LogP contribution in [-0.4, -0.2) is 86.5 Å². The second-order valence-electron chi connectivity index (χ2n) is 19.7. The van der Waals surface area contributed by atoms with E-state index < -0.39 is 17.7 Å². The van der Waals surface area contributed by atoms with Crippen molar-refractivity contribution >= 4 is 61.4 Å². The lowest BCUT2D eigenvalue weighted by Gasteiger charge is -2.34. The van der Waals surface area contributed by atoms with Gasteiger partial charge >= 0.3 is 0 Å². The molecule has 0 fully saturated rings. The molecule has 19 N–H and O–H groups in total. The topological polar surface area (TPSA) is 393 Å². The molecule has 0 saturated carbocycles. The maximum Gasteiger partial charge on any atom is 0.247 e. The van der Waals surface area contributed by atoms with Gasteiger partial charge in [0.05, 0.1) is 17.7 Å². The molecule has 0 radical (unpaired) electrons. The Labute approximate surface area is 549 Å². The molecule has 11 aromatic rings. The number of carbonyl (C=O) groups excluding carboxylic acids is 2. The van der Waals surface area contributed by atoms with Crippen molar-refractivity contribution in [3.8, 4) is 23.6 Å². The fourth-order valence-corrected chi connectivity index (χ4v) is 9.50. The zero-order valence-corrected chi connectivity index (χ0v) is 53.7. The Kier molecular flexibility index (Phi) is 37.8. The van der Waals surface area contributed by atoms with Gasteiger partial charge in [0.15, 0.2) is 0 Å². The molecule has 3 atom stereocenters. The van der Waals surface area contributed by atoms with E-state index in [1.54, 1.807) is 66.4 Å². The molecule has 9 aromatic carbocycles. The Morgan fingerprint density at radius 2 is 1.01 bits per heavy atom. The average Bonchev–Trinajstić information content (AvgIpc) is 0.949. The van der Waals surface area contributed by atoms with Crippen LogP contribution in [-0.2, 0) is 28.2 Å². The summed E-state index contributed by atoms with van der Waals surface area (Å²) in [6, 6.07) is 73.7. The van der Waals surface area contributed by atoms with Gasteiger partial charge in [-0.1, -0.05) is 210 Å². The number of hydrogen-bond donors (Lipinski definition) is 10. The van der Waals surface area contributed by atoms with Crippen LogP contribution in [0.15, 0.2) is 242 Å². The van der Waals surface area contributed by atoms with Crippen molar-refractivity contribution in [3.05, 3.63) is 270 Å². The lowest BCUT2D eigenvalue weighted by Crippen LogP contribution is -2.52. The number of nitrogens with one attached hydrogen (secondary N) is 3. The van der Waals surface area contributed by atoms with Gasteiger partial charge in [0.25, 0.3) is 0 Å². The van der Waals surface area contributed by atoms with Crippen molar-refractivity contribution in [1.82, 2.24) is 20.2 Å². The fourth-order valence-electron chi connectivity index (χ4n) is 9.50. The molecule has 0 aliphatic carbocycles. The zero-order valence-electron chi connectivity index (χ0n) is 53.7. The van der Waals surface area contributed by atoms with E-state index in [1.807, 2.05) is 192 Å². The molecular formula is C74H88N12O8. The van der Waals surface area contributed by atoms with Gasteiger partial charge < -0.3 is 56.6 Å². The Morgan fingerprint density at radius 1 is 0.585 bits per heavy atom. The fraction of sp³-hybridized carbons (Fsp3) is 0.189. The SMILES string of the molecule is CC.CC.CC(N)(C(=O)N(Cc1c[nH]c2ccccc12)CC(O)COc1ccccc1C#N)c1cccc2ccccc12.N#Cc1ccccc1OCC(O)CNCc1c[nH]c2ccccc12.NN.NN.O.O.O=C=N/C=C/c1cccc2ccccc12.c1ccccc1. The number of nitrogens with two attached hydrogens (primary N) is 5. The Morgan fingerprint density at radius 3 is 1.54 bits per heavy atom. The van der Waals surface area contributed by atoms with Gasteiger partial charge in [0, 0.05) is 60.0 Å². The van der Waals surface area contributed by atoms with E-state index in [9.17, 15) is 25.1 Å². The number of isocyanates is 1. The van der Waals surface area contributed by atoms with E-state index in [0.29, 0.717) is 41.3 Å². The summed E-state index contributed by atoms with van der Waals surface area (Å²) < 4.78 is 11.3. The van der Waals surface area contributed by atoms with E-state index >= 15 is 0 Å². The second kappa shape index (κ2) is 44.8. The molecule has 2 aromatic heterocycles. The summed E-state index contributed by atoms with van der Waals surface area (Å²) >= 11 is 0. The van der Waals surface area contributed by atoms with E-state index in [4.69, 9.17) is 20.5 Å². The third-order valence-electron chi connectivity index (χ3n) is 13.7. The van der Waals surface area contributed by atoms with Crippen molar-refractivity contribution in [1.29, 1.82) is 10.5 Å². The number of carbonyl (C=O) groups is 1. The van der Waals surface area contributed by atoms with E-state index in [0.717, 1.165) is 49.3 Å². The summed E-state index contributed by atoms with van der Waals surface area (Å²) in [5, 5.41) is 49.0. The number of aromatic nitrogens is 2. The number of nitrogens with zero attached hydrogens (tertiary/aromatic N) is 4. The lowest BCUT2D eigenvalue weighted by atomic mass is 9.87. The van der Waals surface area contributed by atoms with Gasteiger partial charge in [-0.25, -0.2) is 4.79 Å². The maximum absolute atomic E-state index is 14.2. The molecule has 20 heteroatoms. The minimum Gasteiger partial charge on any atom is -0.489 e. The van der Waals surface area contributed by atoms with E-state index in [2.05, 4.69) is 74.0 Å². The highest BCUT2D eigenvalue weighted by Crippen LogP contribution is 2.31. The summed E-state index contributed by atoms with van der Waals surface area (Å²) in [5.41, 5.74) is 12.2. The molecule has 0 saturated heterocycles. The number of benzene rings is 9. The first kappa shape index (κ1) is 79.4. The standard InChI is InChI=1S/C32H30N4O3.C19H19N3O2.C13H9NO.C6H6.2C2H6.2H4N2.2H2O/c1-32(34,28-14-8-11-22-9-2-4-12-26(22)28)31(38)36(19-24-18-35-29-15-6-5-13-27(24)29)20-25(37)21-39-30-16-7-3-10-23(30)17-33;20-9-14-5-1-4-8-19(14)24-13-16(23)12-21-10-15-11-22-18-7-3-2-6-17(15)18;15-10-14-9-8-12-6-3-5-11-4-1-2-7-13(11)12;1-2-4-6-5-3-1;4*1-2;;/h2-16,18,25,35,37H,19-21,34H2,1H3;1-8,11,16,21-23H,10,12-13H2;1-9H;1-6H;2*1-2H3;2*1-2H2;2*1H2/b;;9-8+;;;;;;;. The van der Waals surface area contributed by atoms with Crippen LogP contribution in [0.2, 0.25) is 0 Å². The van der Waals surface area contributed by atoms with E-state index in [-0.39, 0.29) is 43.2 Å². The quantitative estimate of drug-likeness (QED) is 0.0165. The van der Waals surface area contributed by atoms with Gasteiger partial charge in [0.2, 0.25) is 12.0 Å². The van der Waals surface area contributed by atoms with Gasteiger partial charge in [-0.3, -0.25) is 28.2 Å².